The van der Waals surface area contributed by atoms with Gasteiger partial charge in [-0.1, -0.05) is 37.6 Å². The topological polar surface area (TPSA) is 38.3 Å². The van der Waals surface area contributed by atoms with Gasteiger partial charge in [-0.3, -0.25) is 10.1 Å². The van der Waals surface area contributed by atoms with E-state index in [9.17, 15) is 4.79 Å². The summed E-state index contributed by atoms with van der Waals surface area (Å²) in [4.78, 5) is 11.9. The van der Waals surface area contributed by atoms with Crippen LogP contribution < -0.4 is 5.32 Å². The molecule has 2 rings (SSSR count). The van der Waals surface area contributed by atoms with Gasteiger partial charge in [0.15, 0.2) is 0 Å². The van der Waals surface area contributed by atoms with E-state index in [1.165, 1.54) is 11.1 Å². The second kappa shape index (κ2) is 6.71. The predicted octanol–water partition coefficient (Wildman–Crippen LogP) is 3.00. The molecule has 2 atom stereocenters. The Hall–Kier alpha value is -1.35. The minimum absolute atomic E-state index is 0.117. The molecule has 0 amide bonds. The maximum atomic E-state index is 11.9. The monoisotopic (exact) mass is 261 g/mol. The fourth-order valence-corrected chi connectivity index (χ4v) is 2.77. The molecule has 0 fully saturated rings. The van der Waals surface area contributed by atoms with Gasteiger partial charge in [-0.25, -0.2) is 0 Å². The normalized spacial score (nSPS) is 18.9. The summed E-state index contributed by atoms with van der Waals surface area (Å²) >= 11 is 0. The predicted molar refractivity (Wildman–Crippen MR) is 76.0 cm³/mol. The zero-order valence-electron chi connectivity index (χ0n) is 11.8. The molecule has 1 N–H and O–H groups in total. The fraction of sp³-hybridized carbons (Fsp3) is 0.562. The first-order chi connectivity index (χ1) is 9.26. The van der Waals surface area contributed by atoms with Gasteiger partial charge in [0.05, 0.1) is 6.61 Å². The molecule has 3 heteroatoms. The largest absolute Gasteiger partial charge is 0.465 e. The number of aryl methyl sites for hydroxylation is 1. The van der Waals surface area contributed by atoms with Crippen molar-refractivity contribution in [2.75, 3.05) is 6.61 Å². The van der Waals surface area contributed by atoms with Crippen LogP contribution in [0.5, 0.6) is 0 Å². The van der Waals surface area contributed by atoms with Gasteiger partial charge in [-0.05, 0) is 37.3 Å². The number of esters is 1. The van der Waals surface area contributed by atoms with Gasteiger partial charge in [-0.2, -0.15) is 0 Å². The van der Waals surface area contributed by atoms with Gasteiger partial charge in [0.1, 0.15) is 6.04 Å². The molecular weight excluding hydrogens is 238 g/mol. The highest BCUT2D eigenvalue weighted by molar-refractivity contribution is 5.75. The molecule has 0 bridgehead atoms. The number of carbonyl (C=O) groups excluding carboxylic acids is 1. The Morgan fingerprint density at radius 3 is 2.95 bits per heavy atom. The van der Waals surface area contributed by atoms with Crippen LogP contribution in [0.25, 0.3) is 0 Å². The number of fused-ring (bicyclic) bond motifs is 1. The summed E-state index contributed by atoms with van der Waals surface area (Å²) in [6.07, 6.45) is 3.97. The second-order valence-electron chi connectivity index (χ2n) is 5.05. The quantitative estimate of drug-likeness (QED) is 0.800. The van der Waals surface area contributed by atoms with Gasteiger partial charge < -0.3 is 4.74 Å². The Morgan fingerprint density at radius 1 is 1.42 bits per heavy atom. The molecule has 104 valence electrons. The maximum Gasteiger partial charge on any atom is 0.323 e. The van der Waals surface area contributed by atoms with Crippen LogP contribution in [0.4, 0.5) is 0 Å². The summed E-state index contributed by atoms with van der Waals surface area (Å²) in [7, 11) is 0. The minimum atomic E-state index is -0.180. The van der Waals surface area contributed by atoms with E-state index in [0.717, 1.165) is 25.7 Å². The molecule has 0 aliphatic heterocycles. The van der Waals surface area contributed by atoms with Crippen LogP contribution in [0.3, 0.4) is 0 Å². The third-order valence-electron chi connectivity index (χ3n) is 3.68. The zero-order chi connectivity index (χ0) is 13.7. The average molecular weight is 261 g/mol. The summed E-state index contributed by atoms with van der Waals surface area (Å²) in [5, 5.41) is 3.48. The molecule has 1 aliphatic carbocycles. The molecule has 0 spiro atoms. The Balaban J connectivity index is 2.04. The number of benzene rings is 1. The summed E-state index contributed by atoms with van der Waals surface area (Å²) < 4.78 is 5.15. The highest BCUT2D eigenvalue weighted by Gasteiger charge is 2.27. The number of rotatable bonds is 6. The van der Waals surface area contributed by atoms with Crippen molar-refractivity contribution in [1.29, 1.82) is 0 Å². The van der Waals surface area contributed by atoms with E-state index in [0.29, 0.717) is 6.61 Å². The van der Waals surface area contributed by atoms with Gasteiger partial charge in [-0.15, -0.1) is 0 Å². The van der Waals surface area contributed by atoms with Crippen molar-refractivity contribution >= 4 is 5.97 Å². The van der Waals surface area contributed by atoms with E-state index >= 15 is 0 Å². The van der Waals surface area contributed by atoms with E-state index in [-0.39, 0.29) is 18.1 Å². The fourth-order valence-electron chi connectivity index (χ4n) is 2.77. The Bertz CT molecular complexity index is 431. The number of carbonyl (C=O) groups is 1. The number of hydrogen-bond donors (Lipinski definition) is 1. The smallest absolute Gasteiger partial charge is 0.323 e. The molecule has 0 aromatic heterocycles. The van der Waals surface area contributed by atoms with Crippen LogP contribution in [0.1, 0.15) is 50.3 Å². The van der Waals surface area contributed by atoms with Crippen LogP contribution in [0, 0.1) is 0 Å². The van der Waals surface area contributed by atoms with Crippen LogP contribution in [0.2, 0.25) is 0 Å². The molecule has 19 heavy (non-hydrogen) atoms. The average Bonchev–Trinajstić information content (AvgIpc) is 2.82. The molecule has 2 unspecified atom stereocenters. The lowest BCUT2D eigenvalue weighted by atomic mass is 10.1. The highest BCUT2D eigenvalue weighted by atomic mass is 16.5. The molecular formula is C16H23NO2. The number of nitrogens with one attached hydrogen (secondary N) is 1. The first-order valence-corrected chi connectivity index (χ1v) is 7.26. The number of hydrogen-bond acceptors (Lipinski definition) is 3. The standard InChI is InChI=1S/C16H23NO2/c1-3-7-15(16(18)19-4-2)17-14-11-10-12-8-5-6-9-13(12)14/h5-6,8-9,14-15,17H,3-4,7,10-11H2,1-2H3. The Morgan fingerprint density at radius 2 is 2.21 bits per heavy atom. The van der Waals surface area contributed by atoms with Crippen molar-refractivity contribution < 1.29 is 9.53 Å². The van der Waals surface area contributed by atoms with Crippen LogP contribution in [0.15, 0.2) is 24.3 Å². The minimum Gasteiger partial charge on any atom is -0.465 e. The van der Waals surface area contributed by atoms with E-state index in [4.69, 9.17) is 4.74 Å². The van der Waals surface area contributed by atoms with Gasteiger partial charge in [0.2, 0.25) is 0 Å². The van der Waals surface area contributed by atoms with Crippen molar-refractivity contribution in [3.05, 3.63) is 35.4 Å². The molecule has 1 aromatic carbocycles. The van der Waals surface area contributed by atoms with E-state index in [1.54, 1.807) is 0 Å². The van der Waals surface area contributed by atoms with Crippen molar-refractivity contribution in [2.24, 2.45) is 0 Å². The summed E-state index contributed by atoms with van der Waals surface area (Å²) in [6, 6.07) is 8.59. The van der Waals surface area contributed by atoms with Gasteiger partial charge >= 0.3 is 5.97 Å². The van der Waals surface area contributed by atoms with Crippen LogP contribution in [-0.2, 0) is 16.0 Å². The van der Waals surface area contributed by atoms with Gasteiger partial charge in [0.25, 0.3) is 0 Å². The van der Waals surface area contributed by atoms with Crippen molar-refractivity contribution in [3.8, 4) is 0 Å². The molecule has 0 saturated heterocycles. The van der Waals surface area contributed by atoms with Gasteiger partial charge in [0, 0.05) is 6.04 Å². The lowest BCUT2D eigenvalue weighted by Gasteiger charge is -2.22. The third-order valence-corrected chi connectivity index (χ3v) is 3.68. The lowest BCUT2D eigenvalue weighted by Crippen LogP contribution is -2.39. The molecule has 0 radical (unpaired) electrons. The first kappa shape index (κ1) is 14.1. The van der Waals surface area contributed by atoms with Crippen molar-refractivity contribution in [3.63, 3.8) is 0 Å². The molecule has 0 saturated carbocycles. The molecule has 1 aliphatic rings. The van der Waals surface area contributed by atoms with Crippen LogP contribution in [-0.4, -0.2) is 18.6 Å². The lowest BCUT2D eigenvalue weighted by molar-refractivity contribution is -0.146. The summed E-state index contributed by atoms with van der Waals surface area (Å²) in [5.74, 6) is -0.117. The summed E-state index contributed by atoms with van der Waals surface area (Å²) in [6.45, 7) is 4.39. The Kier molecular flexibility index (Phi) is 4.97. The number of ether oxygens (including phenoxy) is 1. The Labute approximate surface area is 115 Å². The summed E-state index contributed by atoms with van der Waals surface area (Å²) in [5.41, 5.74) is 2.74. The SMILES string of the molecule is CCCC(NC1CCc2ccccc21)C(=O)OCC. The molecule has 1 aromatic rings. The first-order valence-electron chi connectivity index (χ1n) is 7.26. The second-order valence-corrected chi connectivity index (χ2v) is 5.05. The van der Waals surface area contributed by atoms with E-state index < -0.39 is 0 Å². The molecule has 3 nitrogen and oxygen atoms in total. The van der Waals surface area contributed by atoms with Crippen LogP contribution >= 0.6 is 0 Å². The van der Waals surface area contributed by atoms with E-state index in [1.807, 2.05) is 6.92 Å². The van der Waals surface area contributed by atoms with E-state index in [2.05, 4.69) is 36.5 Å². The highest BCUT2D eigenvalue weighted by Crippen LogP contribution is 2.31. The maximum absolute atomic E-state index is 11.9. The van der Waals surface area contributed by atoms with Crippen molar-refractivity contribution in [2.45, 2.75) is 51.6 Å². The van der Waals surface area contributed by atoms with Crippen molar-refractivity contribution in [1.82, 2.24) is 5.32 Å². The third kappa shape index (κ3) is 3.35. The zero-order valence-corrected chi connectivity index (χ0v) is 11.8. The molecule has 0 heterocycles.